The standard InChI is InChI=1S/C31H45N5O3/c1-31(2)25-11-7-8-12-27(25)36(29(31)38)24-16-19-34(20-17-24)28(37)26(14-13-22-9-5-4-6-10-22)33-30(39)35-18-15-23(21-35)32-3/h4-12,23-27,29,32,38H,13-21H2,1-3H3,(H,33,39)/t23?,25?,26-,27?,29?/m0/s1. The number of amides is 3. The number of urea groups is 1. The van der Waals surface area contributed by atoms with Crippen LogP contribution in [0.1, 0.15) is 45.1 Å². The summed E-state index contributed by atoms with van der Waals surface area (Å²) < 4.78 is 0. The van der Waals surface area contributed by atoms with Crippen LogP contribution >= 0.6 is 0 Å². The molecule has 3 heterocycles. The Morgan fingerprint density at radius 1 is 1.03 bits per heavy atom. The highest BCUT2D eigenvalue weighted by Gasteiger charge is 2.54. The largest absolute Gasteiger partial charge is 0.378 e. The van der Waals surface area contributed by atoms with Crippen LogP contribution in [-0.2, 0) is 11.2 Å². The van der Waals surface area contributed by atoms with E-state index in [0.717, 1.165) is 31.2 Å². The van der Waals surface area contributed by atoms with Crippen LogP contribution < -0.4 is 10.6 Å². The number of rotatable bonds is 7. The number of benzene rings is 1. The number of carbonyl (C=O) groups excluding carboxylic acids is 2. The molecule has 3 N–H and O–H groups in total. The average Bonchev–Trinajstić information content (AvgIpc) is 3.52. The third-order valence-electron chi connectivity index (χ3n) is 9.50. The summed E-state index contributed by atoms with van der Waals surface area (Å²) in [7, 11) is 1.92. The van der Waals surface area contributed by atoms with Crippen molar-refractivity contribution in [2.75, 3.05) is 33.2 Å². The van der Waals surface area contributed by atoms with E-state index in [1.165, 1.54) is 0 Å². The lowest BCUT2D eigenvalue weighted by Crippen LogP contribution is -2.56. The fourth-order valence-electron chi connectivity index (χ4n) is 6.97. The van der Waals surface area contributed by atoms with Gasteiger partial charge in [0.1, 0.15) is 12.3 Å². The molecule has 5 atom stereocenters. The van der Waals surface area contributed by atoms with E-state index in [0.29, 0.717) is 38.6 Å². The zero-order valence-corrected chi connectivity index (χ0v) is 23.6. The summed E-state index contributed by atoms with van der Waals surface area (Å²) in [6.07, 6.45) is 11.9. The molecule has 212 valence electrons. The lowest BCUT2D eigenvalue weighted by atomic mass is 9.76. The van der Waals surface area contributed by atoms with Crippen molar-refractivity contribution in [2.24, 2.45) is 11.3 Å². The lowest BCUT2D eigenvalue weighted by molar-refractivity contribution is -0.136. The Balaban J connectivity index is 1.23. The first-order valence-corrected chi connectivity index (χ1v) is 14.7. The maximum Gasteiger partial charge on any atom is 0.318 e. The van der Waals surface area contributed by atoms with Crippen molar-refractivity contribution in [3.63, 3.8) is 0 Å². The van der Waals surface area contributed by atoms with E-state index in [1.807, 2.05) is 35.0 Å². The Morgan fingerprint density at radius 2 is 1.72 bits per heavy atom. The van der Waals surface area contributed by atoms with Gasteiger partial charge in [-0.1, -0.05) is 68.5 Å². The zero-order valence-electron chi connectivity index (χ0n) is 23.6. The fourth-order valence-corrected chi connectivity index (χ4v) is 6.97. The van der Waals surface area contributed by atoms with E-state index in [4.69, 9.17) is 0 Å². The number of aliphatic hydroxyl groups is 1. The average molecular weight is 536 g/mol. The van der Waals surface area contributed by atoms with Gasteiger partial charge < -0.3 is 25.5 Å². The van der Waals surface area contributed by atoms with Crippen molar-refractivity contribution >= 4 is 11.9 Å². The monoisotopic (exact) mass is 535 g/mol. The van der Waals surface area contributed by atoms with Gasteiger partial charge in [-0.2, -0.15) is 0 Å². The van der Waals surface area contributed by atoms with E-state index in [1.54, 1.807) is 0 Å². The van der Waals surface area contributed by atoms with Crippen molar-refractivity contribution in [1.29, 1.82) is 0 Å². The topological polar surface area (TPSA) is 88.2 Å². The number of aryl methyl sites for hydroxylation is 1. The van der Waals surface area contributed by atoms with Gasteiger partial charge in [-0.25, -0.2) is 4.79 Å². The molecule has 3 aliphatic heterocycles. The highest BCUT2D eigenvalue weighted by molar-refractivity contribution is 5.87. The van der Waals surface area contributed by atoms with Crippen LogP contribution in [0.25, 0.3) is 0 Å². The Bertz CT molecular complexity index is 1070. The van der Waals surface area contributed by atoms with Gasteiger partial charge in [-0.15, -0.1) is 0 Å². The zero-order chi connectivity index (χ0) is 27.6. The third-order valence-corrected chi connectivity index (χ3v) is 9.50. The van der Waals surface area contributed by atoms with E-state index < -0.39 is 12.3 Å². The minimum absolute atomic E-state index is 0.00256. The van der Waals surface area contributed by atoms with E-state index >= 15 is 0 Å². The first-order chi connectivity index (χ1) is 18.8. The van der Waals surface area contributed by atoms with Gasteiger partial charge in [-0.05, 0) is 44.7 Å². The normalized spacial score (nSPS) is 29.4. The van der Waals surface area contributed by atoms with E-state index in [2.05, 4.69) is 65.8 Å². The number of carbonyl (C=O) groups is 2. The second-order valence-corrected chi connectivity index (χ2v) is 12.2. The van der Waals surface area contributed by atoms with Gasteiger partial charge in [-0.3, -0.25) is 9.69 Å². The molecule has 5 rings (SSSR count). The van der Waals surface area contributed by atoms with Gasteiger partial charge in [0, 0.05) is 55.6 Å². The van der Waals surface area contributed by atoms with Crippen LogP contribution in [0.5, 0.6) is 0 Å². The van der Waals surface area contributed by atoms with Crippen molar-refractivity contribution in [2.45, 2.75) is 76.3 Å². The molecule has 8 nitrogen and oxygen atoms in total. The molecule has 3 amide bonds. The first kappa shape index (κ1) is 27.9. The molecule has 3 fully saturated rings. The number of hydrogen-bond donors (Lipinski definition) is 3. The molecule has 0 bridgehead atoms. The molecule has 0 saturated carbocycles. The van der Waals surface area contributed by atoms with Crippen LogP contribution in [-0.4, -0.2) is 95.4 Å². The van der Waals surface area contributed by atoms with Crippen molar-refractivity contribution in [1.82, 2.24) is 25.3 Å². The van der Waals surface area contributed by atoms with Gasteiger partial charge in [0.05, 0.1) is 0 Å². The molecular formula is C31H45N5O3. The molecule has 3 saturated heterocycles. The molecule has 0 radical (unpaired) electrons. The molecule has 1 aliphatic carbocycles. The van der Waals surface area contributed by atoms with Gasteiger partial charge in [0.25, 0.3) is 0 Å². The minimum Gasteiger partial charge on any atom is -0.378 e. The highest BCUT2D eigenvalue weighted by atomic mass is 16.3. The Labute approximate surface area is 233 Å². The Hall–Kier alpha value is -2.68. The summed E-state index contributed by atoms with van der Waals surface area (Å²) in [5.41, 5.74) is 0.933. The van der Waals surface area contributed by atoms with Crippen molar-refractivity contribution in [3.05, 3.63) is 60.2 Å². The maximum absolute atomic E-state index is 13.8. The van der Waals surface area contributed by atoms with E-state index in [9.17, 15) is 14.7 Å². The number of fused-ring (bicyclic) bond motifs is 1. The fraction of sp³-hybridized carbons (Fsp3) is 0.613. The second kappa shape index (κ2) is 11.8. The van der Waals surface area contributed by atoms with Gasteiger partial charge >= 0.3 is 6.03 Å². The molecule has 39 heavy (non-hydrogen) atoms. The van der Waals surface area contributed by atoms with Crippen LogP contribution in [0, 0.1) is 11.3 Å². The highest BCUT2D eigenvalue weighted by Crippen LogP contribution is 2.48. The number of aliphatic hydroxyl groups excluding tert-OH is 1. The van der Waals surface area contributed by atoms with E-state index in [-0.39, 0.29) is 35.4 Å². The summed E-state index contributed by atoms with van der Waals surface area (Å²) in [5.74, 6) is 0.283. The van der Waals surface area contributed by atoms with Crippen LogP contribution in [0.15, 0.2) is 54.6 Å². The smallest absolute Gasteiger partial charge is 0.318 e. The summed E-state index contributed by atoms with van der Waals surface area (Å²) in [4.78, 5) is 33.0. The van der Waals surface area contributed by atoms with Gasteiger partial charge in [0.15, 0.2) is 0 Å². The van der Waals surface area contributed by atoms with Crippen LogP contribution in [0.3, 0.4) is 0 Å². The summed E-state index contributed by atoms with van der Waals surface area (Å²) in [5, 5.41) is 17.6. The predicted molar refractivity (Wildman–Crippen MR) is 153 cm³/mol. The molecule has 4 unspecified atom stereocenters. The molecule has 8 heteroatoms. The number of allylic oxidation sites excluding steroid dienone is 2. The SMILES string of the molecule is CNC1CCN(C(=O)N[C@@H](CCc2ccccc2)C(=O)N2CCC(N3C4C=CC=CC4C(C)(C)C3O)CC2)C1. The minimum atomic E-state index is -0.560. The molecule has 0 spiro atoms. The first-order valence-electron chi connectivity index (χ1n) is 14.7. The van der Waals surface area contributed by atoms with Crippen molar-refractivity contribution < 1.29 is 14.7 Å². The number of likely N-dealkylation sites (tertiary alicyclic amines) is 3. The van der Waals surface area contributed by atoms with Gasteiger partial charge in [0.2, 0.25) is 5.91 Å². The second-order valence-electron chi connectivity index (χ2n) is 12.2. The number of nitrogens with zero attached hydrogens (tertiary/aromatic N) is 3. The summed E-state index contributed by atoms with van der Waals surface area (Å²) in [6.45, 7) is 6.92. The molecular weight excluding hydrogens is 490 g/mol. The number of piperidine rings is 1. The maximum atomic E-state index is 13.8. The Kier molecular flexibility index (Phi) is 8.45. The van der Waals surface area contributed by atoms with Crippen LogP contribution in [0.4, 0.5) is 4.79 Å². The summed E-state index contributed by atoms with van der Waals surface area (Å²) in [6, 6.07) is 10.1. The molecule has 0 aromatic heterocycles. The molecule has 1 aromatic rings. The number of hydrogen-bond acceptors (Lipinski definition) is 5. The Morgan fingerprint density at radius 3 is 2.41 bits per heavy atom. The molecule has 4 aliphatic rings. The quantitative estimate of drug-likeness (QED) is 0.500. The lowest BCUT2D eigenvalue weighted by Gasteiger charge is -2.42. The molecule has 1 aromatic carbocycles. The van der Waals surface area contributed by atoms with Crippen molar-refractivity contribution in [3.8, 4) is 0 Å². The number of likely N-dealkylation sites (N-methyl/N-ethyl adjacent to an activating group) is 1. The van der Waals surface area contributed by atoms with Crippen LogP contribution in [0.2, 0.25) is 0 Å². The third kappa shape index (κ3) is 5.79. The summed E-state index contributed by atoms with van der Waals surface area (Å²) >= 11 is 0. The number of nitrogens with one attached hydrogen (secondary N) is 2. The predicted octanol–water partition coefficient (Wildman–Crippen LogP) is 2.75.